The number of carbonyl (C=O) groups is 1. The lowest BCUT2D eigenvalue weighted by Crippen LogP contribution is -2.47. The van der Waals surface area contributed by atoms with Gasteiger partial charge in [0.25, 0.3) is 0 Å². The number of nitrogens with one attached hydrogen (secondary N) is 1. The number of rotatable bonds is 9. The minimum atomic E-state index is -0.962. The van der Waals surface area contributed by atoms with Crippen LogP contribution in [0.1, 0.15) is 48.5 Å². The second kappa shape index (κ2) is 10.2. The standard InChI is InChI=1S/C27H32ClFN2O3/c28-23-14-20(5-8-25(23)34-22-6-7-22)27(33)24(16-31-10-9-21(29)15-31)30-26(32)13-17-11-18-3-1-2-4-19(18)12-17/h1-5,8,14,17,21-22,24,27,33H,6-7,9-13,15-16H2,(H,30,32)/t21?,24-,27-/m1/s1. The summed E-state index contributed by atoms with van der Waals surface area (Å²) in [7, 11) is 0. The summed E-state index contributed by atoms with van der Waals surface area (Å²) in [6, 6.07) is 13.0. The molecule has 5 nitrogen and oxygen atoms in total. The Kier molecular flexibility index (Phi) is 7.09. The molecule has 1 saturated heterocycles. The largest absolute Gasteiger partial charge is 0.489 e. The first-order valence-electron chi connectivity index (χ1n) is 12.3. The molecule has 5 rings (SSSR count). The molecule has 2 N–H and O–H groups in total. The molecule has 1 unspecified atom stereocenters. The van der Waals surface area contributed by atoms with Gasteiger partial charge >= 0.3 is 0 Å². The van der Waals surface area contributed by atoms with Gasteiger partial charge in [-0.1, -0.05) is 41.9 Å². The molecule has 2 aliphatic carbocycles. The highest BCUT2D eigenvalue weighted by Crippen LogP contribution is 2.34. The maximum absolute atomic E-state index is 13.8. The van der Waals surface area contributed by atoms with Gasteiger partial charge in [-0.15, -0.1) is 0 Å². The number of hydrogen-bond donors (Lipinski definition) is 2. The summed E-state index contributed by atoms with van der Waals surface area (Å²) in [5.74, 6) is 0.782. The summed E-state index contributed by atoms with van der Waals surface area (Å²) < 4.78 is 19.6. The van der Waals surface area contributed by atoms with Crippen LogP contribution < -0.4 is 10.1 Å². The second-order valence-corrected chi connectivity index (χ2v) is 10.4. The summed E-state index contributed by atoms with van der Waals surface area (Å²) in [5, 5.41) is 14.7. The van der Waals surface area contributed by atoms with Crippen LogP contribution in [0.3, 0.4) is 0 Å². The van der Waals surface area contributed by atoms with Crippen molar-refractivity contribution in [2.45, 2.75) is 62.9 Å². The predicted octanol–water partition coefficient (Wildman–Crippen LogP) is 4.25. The molecule has 1 amide bonds. The van der Waals surface area contributed by atoms with Crippen molar-refractivity contribution in [1.29, 1.82) is 0 Å². The molecule has 7 heteroatoms. The molecule has 0 bridgehead atoms. The molecular formula is C27H32ClFN2O3. The normalized spacial score (nSPS) is 22.4. The molecule has 0 spiro atoms. The SMILES string of the molecule is O=C(CC1Cc2ccccc2C1)N[C@H](CN1CCC(F)C1)[C@H](O)c1ccc(OC2CC2)c(Cl)c1. The van der Waals surface area contributed by atoms with Crippen molar-refractivity contribution in [2.75, 3.05) is 19.6 Å². The van der Waals surface area contributed by atoms with Gasteiger partial charge in [0.15, 0.2) is 0 Å². The van der Waals surface area contributed by atoms with E-state index in [1.807, 2.05) is 17.0 Å². The number of halogens is 2. The summed E-state index contributed by atoms with van der Waals surface area (Å²) in [6.45, 7) is 1.33. The smallest absolute Gasteiger partial charge is 0.220 e. The van der Waals surface area contributed by atoms with Crippen LogP contribution in [0.2, 0.25) is 5.02 Å². The number of aliphatic hydroxyl groups is 1. The van der Waals surface area contributed by atoms with Gasteiger partial charge in [-0.3, -0.25) is 9.69 Å². The number of amides is 1. The quantitative estimate of drug-likeness (QED) is 0.556. The highest BCUT2D eigenvalue weighted by molar-refractivity contribution is 6.32. The van der Waals surface area contributed by atoms with Crippen LogP contribution in [0.5, 0.6) is 5.75 Å². The third kappa shape index (κ3) is 5.73. The summed E-state index contributed by atoms with van der Waals surface area (Å²) in [4.78, 5) is 15.0. The molecule has 1 aliphatic heterocycles. The maximum Gasteiger partial charge on any atom is 0.220 e. The van der Waals surface area contributed by atoms with Crippen molar-refractivity contribution >= 4 is 17.5 Å². The van der Waals surface area contributed by atoms with E-state index in [1.54, 1.807) is 18.2 Å². The number of likely N-dealkylation sites (tertiary alicyclic amines) is 1. The monoisotopic (exact) mass is 486 g/mol. The fraction of sp³-hybridized carbons (Fsp3) is 0.519. The first-order valence-corrected chi connectivity index (χ1v) is 12.7. The zero-order valence-corrected chi connectivity index (χ0v) is 20.0. The fourth-order valence-corrected chi connectivity index (χ4v) is 5.40. The average molecular weight is 487 g/mol. The zero-order chi connectivity index (χ0) is 23.7. The van der Waals surface area contributed by atoms with E-state index in [-0.39, 0.29) is 17.9 Å². The van der Waals surface area contributed by atoms with Crippen molar-refractivity contribution < 1.29 is 19.0 Å². The number of ether oxygens (including phenoxy) is 1. The Labute approximate surface area is 205 Å². The Morgan fingerprint density at radius 1 is 1.18 bits per heavy atom. The summed E-state index contributed by atoms with van der Waals surface area (Å²) in [6.07, 6.45) is 3.14. The van der Waals surface area contributed by atoms with E-state index in [2.05, 4.69) is 17.4 Å². The molecule has 34 heavy (non-hydrogen) atoms. The number of carbonyl (C=O) groups excluding carboxylic acids is 1. The van der Waals surface area contributed by atoms with E-state index in [0.717, 1.165) is 25.7 Å². The van der Waals surface area contributed by atoms with Gasteiger partial charge in [0.2, 0.25) is 5.91 Å². The molecule has 2 aromatic rings. The van der Waals surface area contributed by atoms with Gasteiger partial charge < -0.3 is 15.2 Å². The first kappa shape index (κ1) is 23.6. The predicted molar refractivity (Wildman–Crippen MR) is 130 cm³/mol. The van der Waals surface area contributed by atoms with Crippen LogP contribution in [0, 0.1) is 5.92 Å². The van der Waals surface area contributed by atoms with Crippen LogP contribution in [0.15, 0.2) is 42.5 Å². The molecular weight excluding hydrogens is 455 g/mol. The molecule has 2 aromatic carbocycles. The van der Waals surface area contributed by atoms with Crippen LogP contribution >= 0.6 is 11.6 Å². The molecule has 1 saturated carbocycles. The topological polar surface area (TPSA) is 61.8 Å². The number of aliphatic hydroxyl groups excluding tert-OH is 1. The van der Waals surface area contributed by atoms with Gasteiger partial charge in [-0.25, -0.2) is 4.39 Å². The number of hydrogen-bond acceptors (Lipinski definition) is 4. The lowest BCUT2D eigenvalue weighted by molar-refractivity contribution is -0.123. The molecule has 0 aromatic heterocycles. The van der Waals surface area contributed by atoms with Crippen LogP contribution in [-0.2, 0) is 17.6 Å². The van der Waals surface area contributed by atoms with E-state index in [0.29, 0.717) is 48.8 Å². The van der Waals surface area contributed by atoms with Gasteiger partial charge in [-0.05, 0) is 66.8 Å². The van der Waals surface area contributed by atoms with Crippen molar-refractivity contribution in [1.82, 2.24) is 10.2 Å². The van der Waals surface area contributed by atoms with Crippen molar-refractivity contribution in [3.05, 3.63) is 64.2 Å². The van der Waals surface area contributed by atoms with Gasteiger partial charge in [0.1, 0.15) is 18.0 Å². The van der Waals surface area contributed by atoms with Gasteiger partial charge in [0.05, 0.1) is 17.2 Å². The maximum atomic E-state index is 13.8. The molecule has 0 radical (unpaired) electrons. The zero-order valence-electron chi connectivity index (χ0n) is 19.3. The number of fused-ring (bicyclic) bond motifs is 1. The lowest BCUT2D eigenvalue weighted by atomic mass is 9.99. The third-order valence-electron chi connectivity index (χ3n) is 7.12. The van der Waals surface area contributed by atoms with Crippen molar-refractivity contribution in [3.8, 4) is 5.75 Å². The second-order valence-electron chi connectivity index (χ2n) is 10.0. The Hall–Kier alpha value is -2.15. The molecule has 1 heterocycles. The Morgan fingerprint density at radius 3 is 2.53 bits per heavy atom. The minimum Gasteiger partial charge on any atom is -0.489 e. The van der Waals surface area contributed by atoms with Crippen molar-refractivity contribution in [3.63, 3.8) is 0 Å². The molecule has 3 aliphatic rings. The fourth-order valence-electron chi connectivity index (χ4n) is 5.17. The first-order chi connectivity index (χ1) is 16.4. The summed E-state index contributed by atoms with van der Waals surface area (Å²) in [5.41, 5.74) is 3.24. The van der Waals surface area contributed by atoms with Gasteiger partial charge in [-0.2, -0.15) is 0 Å². The minimum absolute atomic E-state index is 0.0855. The number of benzene rings is 2. The van der Waals surface area contributed by atoms with E-state index < -0.39 is 18.3 Å². The Bertz CT molecular complexity index is 1010. The molecule has 2 fully saturated rings. The van der Waals surface area contributed by atoms with E-state index in [4.69, 9.17) is 16.3 Å². The number of nitrogens with zero attached hydrogens (tertiary/aromatic N) is 1. The Balaban J connectivity index is 1.25. The molecule has 182 valence electrons. The van der Waals surface area contributed by atoms with Gasteiger partial charge in [0, 0.05) is 26.1 Å². The van der Waals surface area contributed by atoms with E-state index >= 15 is 0 Å². The Morgan fingerprint density at radius 2 is 1.91 bits per heavy atom. The average Bonchev–Trinajstić information content (AvgIpc) is 3.39. The number of alkyl halides is 1. The lowest BCUT2D eigenvalue weighted by Gasteiger charge is -2.29. The van der Waals surface area contributed by atoms with E-state index in [9.17, 15) is 14.3 Å². The highest BCUT2D eigenvalue weighted by Gasteiger charge is 2.31. The van der Waals surface area contributed by atoms with Crippen LogP contribution in [0.25, 0.3) is 0 Å². The van der Waals surface area contributed by atoms with Crippen LogP contribution in [0.4, 0.5) is 4.39 Å². The van der Waals surface area contributed by atoms with Crippen molar-refractivity contribution in [2.24, 2.45) is 5.92 Å². The third-order valence-corrected chi connectivity index (χ3v) is 7.42. The summed E-state index contributed by atoms with van der Waals surface area (Å²) >= 11 is 6.42. The molecule has 3 atom stereocenters. The highest BCUT2D eigenvalue weighted by atomic mass is 35.5. The van der Waals surface area contributed by atoms with E-state index in [1.165, 1.54) is 11.1 Å². The van der Waals surface area contributed by atoms with Crippen LogP contribution in [-0.4, -0.2) is 53.9 Å².